The Bertz CT molecular complexity index is 834. The Morgan fingerprint density at radius 3 is 2.59 bits per heavy atom. The third-order valence-corrected chi connectivity index (χ3v) is 4.03. The summed E-state index contributed by atoms with van der Waals surface area (Å²) in [6, 6.07) is 11.9. The fourth-order valence-electron chi connectivity index (χ4n) is 1.90. The number of hydrogen-bond acceptors (Lipinski definition) is 5. The number of nitrogens with one attached hydrogen (secondary N) is 1. The van der Waals surface area contributed by atoms with Gasteiger partial charge in [-0.1, -0.05) is 12.1 Å². The average Bonchev–Trinajstić information content (AvgIpc) is 2.95. The molecule has 0 spiro atoms. The number of benzene rings is 1. The summed E-state index contributed by atoms with van der Waals surface area (Å²) in [5.74, 6) is 0.657. The molecule has 7 heteroatoms. The molecule has 0 unspecified atom stereocenters. The molecule has 5 nitrogen and oxygen atoms in total. The molecule has 2 heterocycles. The quantitative estimate of drug-likeness (QED) is 0.452. The van der Waals surface area contributed by atoms with Gasteiger partial charge in [0, 0.05) is 22.9 Å². The van der Waals surface area contributed by atoms with Crippen LogP contribution in [0.4, 0.5) is 0 Å². The van der Waals surface area contributed by atoms with E-state index in [2.05, 4.69) is 38.7 Å². The Hall–Kier alpha value is -2.25. The van der Waals surface area contributed by atoms with Crippen molar-refractivity contribution in [3.05, 3.63) is 59.1 Å². The van der Waals surface area contributed by atoms with Crippen LogP contribution in [-0.4, -0.2) is 32.3 Å². The number of thioether (sulfide) groups is 1. The molecule has 22 heavy (non-hydrogen) atoms. The molecule has 3 aromatic rings. The fraction of sp³-hybridized carbons (Fsp3) is 0.0667. The maximum Gasteiger partial charge on any atom is 0.216 e. The Morgan fingerprint density at radius 2 is 1.91 bits per heavy atom. The summed E-state index contributed by atoms with van der Waals surface area (Å²) >= 11 is 6.95. The second kappa shape index (κ2) is 6.67. The van der Waals surface area contributed by atoms with Crippen molar-refractivity contribution >= 4 is 30.2 Å². The van der Waals surface area contributed by atoms with E-state index in [0.717, 1.165) is 11.1 Å². The van der Waals surface area contributed by atoms with Crippen molar-refractivity contribution in [1.82, 2.24) is 19.9 Å². The fourth-order valence-corrected chi connectivity index (χ4v) is 2.49. The lowest BCUT2D eigenvalue weighted by molar-refractivity contribution is 0.871. The van der Waals surface area contributed by atoms with Crippen molar-refractivity contribution in [3.63, 3.8) is 0 Å². The Balaban J connectivity index is 1.93. The SMILES string of the molecule is CSc1ccc(/C=N\n2c(-c3ccncc3)n[nH]c2=S)cc1. The van der Waals surface area contributed by atoms with Gasteiger partial charge in [-0.15, -0.1) is 11.8 Å². The first-order valence-electron chi connectivity index (χ1n) is 6.54. The number of nitrogens with zero attached hydrogens (tertiary/aromatic N) is 4. The highest BCUT2D eigenvalue weighted by molar-refractivity contribution is 7.98. The summed E-state index contributed by atoms with van der Waals surface area (Å²) in [6.07, 6.45) is 7.24. The molecular formula is C15H13N5S2. The van der Waals surface area contributed by atoms with Gasteiger partial charge in [0.25, 0.3) is 0 Å². The summed E-state index contributed by atoms with van der Waals surface area (Å²) in [5.41, 5.74) is 1.90. The van der Waals surface area contributed by atoms with Crippen molar-refractivity contribution in [3.8, 4) is 11.4 Å². The zero-order chi connectivity index (χ0) is 15.4. The van der Waals surface area contributed by atoms with Crippen LogP contribution in [0.1, 0.15) is 5.56 Å². The van der Waals surface area contributed by atoms with Crippen molar-refractivity contribution in [2.75, 3.05) is 6.26 Å². The predicted molar refractivity (Wildman–Crippen MR) is 91.9 cm³/mol. The van der Waals surface area contributed by atoms with Gasteiger partial charge in [-0.3, -0.25) is 4.98 Å². The molecule has 1 N–H and O–H groups in total. The van der Waals surface area contributed by atoms with Crippen molar-refractivity contribution in [2.24, 2.45) is 5.10 Å². The van der Waals surface area contributed by atoms with Gasteiger partial charge >= 0.3 is 0 Å². The van der Waals surface area contributed by atoms with Gasteiger partial charge < -0.3 is 0 Å². The van der Waals surface area contributed by atoms with Crippen LogP contribution in [0.5, 0.6) is 0 Å². The van der Waals surface area contributed by atoms with E-state index in [1.165, 1.54) is 4.90 Å². The zero-order valence-corrected chi connectivity index (χ0v) is 13.4. The zero-order valence-electron chi connectivity index (χ0n) is 11.8. The molecule has 3 rings (SSSR count). The lowest BCUT2D eigenvalue weighted by Gasteiger charge is -2.00. The second-order valence-electron chi connectivity index (χ2n) is 4.42. The number of aromatic nitrogens is 4. The highest BCUT2D eigenvalue weighted by Gasteiger charge is 2.07. The summed E-state index contributed by atoms with van der Waals surface area (Å²) in [4.78, 5) is 5.22. The largest absolute Gasteiger partial charge is 0.265 e. The molecular weight excluding hydrogens is 314 g/mol. The van der Waals surface area contributed by atoms with E-state index in [9.17, 15) is 0 Å². The molecule has 0 aliphatic heterocycles. The van der Waals surface area contributed by atoms with E-state index in [1.807, 2.05) is 24.3 Å². The minimum absolute atomic E-state index is 0.448. The number of hydrogen-bond donors (Lipinski definition) is 1. The van der Waals surface area contributed by atoms with E-state index in [0.29, 0.717) is 10.6 Å². The van der Waals surface area contributed by atoms with Crippen LogP contribution < -0.4 is 0 Å². The minimum atomic E-state index is 0.448. The topological polar surface area (TPSA) is 58.9 Å². The van der Waals surface area contributed by atoms with Crippen molar-refractivity contribution in [1.29, 1.82) is 0 Å². The first kappa shape index (κ1) is 14.7. The lowest BCUT2D eigenvalue weighted by atomic mass is 10.2. The summed E-state index contributed by atoms with van der Waals surface area (Å²) in [7, 11) is 0. The first-order valence-corrected chi connectivity index (χ1v) is 8.17. The highest BCUT2D eigenvalue weighted by Crippen LogP contribution is 2.16. The van der Waals surface area contributed by atoms with Gasteiger partial charge in [-0.25, -0.2) is 5.10 Å². The minimum Gasteiger partial charge on any atom is -0.265 e. The van der Waals surface area contributed by atoms with Crippen molar-refractivity contribution < 1.29 is 0 Å². The molecule has 0 saturated heterocycles. The smallest absolute Gasteiger partial charge is 0.216 e. The molecule has 110 valence electrons. The molecule has 0 atom stereocenters. The number of rotatable bonds is 4. The monoisotopic (exact) mass is 327 g/mol. The average molecular weight is 327 g/mol. The van der Waals surface area contributed by atoms with Crippen LogP contribution in [0.3, 0.4) is 0 Å². The summed E-state index contributed by atoms with van der Waals surface area (Å²) in [6.45, 7) is 0. The normalized spacial score (nSPS) is 11.1. The van der Waals surface area contributed by atoms with Crippen LogP contribution in [0.25, 0.3) is 11.4 Å². The van der Waals surface area contributed by atoms with Gasteiger partial charge in [-0.2, -0.15) is 14.9 Å². The van der Waals surface area contributed by atoms with Gasteiger partial charge in [0.1, 0.15) is 0 Å². The number of aromatic amines is 1. The van der Waals surface area contributed by atoms with Crippen LogP contribution in [0.2, 0.25) is 0 Å². The molecule has 0 saturated carbocycles. The van der Waals surface area contributed by atoms with Crippen LogP contribution in [0, 0.1) is 4.77 Å². The molecule has 2 aromatic heterocycles. The van der Waals surface area contributed by atoms with Crippen molar-refractivity contribution in [2.45, 2.75) is 4.90 Å². The van der Waals surface area contributed by atoms with Gasteiger partial charge in [0.05, 0.1) is 6.21 Å². The van der Waals surface area contributed by atoms with E-state index in [1.54, 1.807) is 35.0 Å². The van der Waals surface area contributed by atoms with Crippen LogP contribution in [0.15, 0.2) is 58.8 Å². The molecule has 0 fully saturated rings. The predicted octanol–water partition coefficient (Wildman–Crippen LogP) is 3.61. The molecule has 0 aliphatic rings. The van der Waals surface area contributed by atoms with E-state index >= 15 is 0 Å². The molecule has 0 amide bonds. The number of H-pyrrole nitrogens is 1. The standard InChI is InChI=1S/C15H13N5S2/c1-22-13-4-2-11(3-5-13)10-17-20-14(18-19-15(20)21)12-6-8-16-9-7-12/h2-10H,1H3,(H,19,21)/b17-10-. The van der Waals surface area contributed by atoms with E-state index < -0.39 is 0 Å². The molecule has 0 bridgehead atoms. The molecule has 0 aliphatic carbocycles. The van der Waals surface area contributed by atoms with E-state index in [-0.39, 0.29) is 0 Å². The maximum absolute atomic E-state index is 5.24. The van der Waals surface area contributed by atoms with E-state index in [4.69, 9.17) is 12.2 Å². The first-order chi connectivity index (χ1) is 10.8. The Morgan fingerprint density at radius 1 is 1.18 bits per heavy atom. The Labute approximate surface area is 137 Å². The summed E-state index contributed by atoms with van der Waals surface area (Å²) in [5, 5.41) is 11.4. The molecule has 0 radical (unpaired) electrons. The molecule has 1 aromatic carbocycles. The second-order valence-corrected chi connectivity index (χ2v) is 5.68. The lowest BCUT2D eigenvalue weighted by Crippen LogP contribution is -1.95. The Kier molecular flexibility index (Phi) is 4.45. The van der Waals surface area contributed by atoms with Gasteiger partial charge in [0.2, 0.25) is 4.77 Å². The number of pyridine rings is 1. The van der Waals surface area contributed by atoms with Crippen LogP contribution in [-0.2, 0) is 0 Å². The van der Waals surface area contributed by atoms with Gasteiger partial charge in [-0.05, 0) is 48.3 Å². The third-order valence-electron chi connectivity index (χ3n) is 3.03. The third kappa shape index (κ3) is 3.15. The van der Waals surface area contributed by atoms with Gasteiger partial charge in [0.15, 0.2) is 5.82 Å². The maximum atomic E-state index is 5.24. The van der Waals surface area contributed by atoms with Crippen LogP contribution >= 0.6 is 24.0 Å². The summed E-state index contributed by atoms with van der Waals surface area (Å²) < 4.78 is 2.05. The highest BCUT2D eigenvalue weighted by atomic mass is 32.2.